The number of quaternary nitrogens is 1. The summed E-state index contributed by atoms with van der Waals surface area (Å²) in [6, 6.07) is -0.763. The highest BCUT2D eigenvalue weighted by Gasteiger charge is 2.28. The van der Waals surface area contributed by atoms with Crippen molar-refractivity contribution in [1.82, 2.24) is 5.32 Å². The first kappa shape index (κ1) is 59.0. The number of phosphoric acid groups is 1. The molecular formula is C51H102N2O6P+. The second kappa shape index (κ2) is 43.2. The number of allylic oxidation sites excluding steroid dienone is 4. The molecule has 8 nitrogen and oxygen atoms in total. The fourth-order valence-corrected chi connectivity index (χ4v) is 8.34. The molecule has 0 saturated carbocycles. The van der Waals surface area contributed by atoms with E-state index < -0.39 is 20.0 Å². The van der Waals surface area contributed by atoms with Crippen LogP contribution in [0.2, 0.25) is 0 Å². The zero-order chi connectivity index (χ0) is 44.3. The number of carbonyl (C=O) groups excluding carboxylic acids is 1. The second-order valence-corrected chi connectivity index (χ2v) is 20.4. The number of hydrogen-bond donors (Lipinski definition) is 3. The maximum atomic E-state index is 12.9. The molecule has 356 valence electrons. The van der Waals surface area contributed by atoms with Crippen LogP contribution in [0.4, 0.5) is 0 Å². The molecule has 0 aromatic heterocycles. The van der Waals surface area contributed by atoms with Crippen LogP contribution in [-0.2, 0) is 18.4 Å². The van der Waals surface area contributed by atoms with E-state index in [-0.39, 0.29) is 19.1 Å². The molecule has 3 atom stereocenters. The molecule has 3 unspecified atom stereocenters. The first-order valence-corrected chi connectivity index (χ1v) is 27.2. The van der Waals surface area contributed by atoms with Crippen LogP contribution in [0.25, 0.3) is 0 Å². The average Bonchev–Trinajstić information content (AvgIpc) is 3.20. The lowest BCUT2D eigenvalue weighted by Gasteiger charge is -2.26. The molecular weight excluding hydrogens is 768 g/mol. The molecule has 0 heterocycles. The van der Waals surface area contributed by atoms with Gasteiger partial charge in [-0.2, -0.15) is 0 Å². The van der Waals surface area contributed by atoms with Crippen molar-refractivity contribution in [2.24, 2.45) is 0 Å². The van der Waals surface area contributed by atoms with Gasteiger partial charge in [-0.25, -0.2) is 4.57 Å². The third-order valence-electron chi connectivity index (χ3n) is 11.7. The monoisotopic (exact) mass is 870 g/mol. The zero-order valence-corrected chi connectivity index (χ0v) is 41.4. The van der Waals surface area contributed by atoms with Crippen molar-refractivity contribution >= 4 is 13.7 Å². The quantitative estimate of drug-likeness (QED) is 0.0243. The molecule has 0 radical (unpaired) electrons. The molecule has 0 aliphatic rings. The third-order valence-corrected chi connectivity index (χ3v) is 12.7. The summed E-state index contributed by atoms with van der Waals surface area (Å²) in [6.07, 6.45) is 52.1. The highest BCUT2D eigenvalue weighted by atomic mass is 31.2. The SMILES string of the molecule is CCCCCCCCCCC/C=C\C/C=C\CCCCCCCCCC(=O)NC(COP(=O)(O)OCC[N+](C)(C)C)C(O)CCCCCCCCCCCCCCCCC. The number of nitrogens with one attached hydrogen (secondary N) is 1. The van der Waals surface area contributed by atoms with E-state index in [1.165, 1.54) is 167 Å². The molecule has 9 heteroatoms. The number of nitrogens with zero attached hydrogens (tertiary/aromatic N) is 1. The minimum absolute atomic E-state index is 0.0738. The Morgan fingerprint density at radius 3 is 1.37 bits per heavy atom. The molecule has 0 aromatic rings. The largest absolute Gasteiger partial charge is 0.472 e. The average molecular weight is 870 g/mol. The predicted molar refractivity (Wildman–Crippen MR) is 258 cm³/mol. The summed E-state index contributed by atoms with van der Waals surface area (Å²) in [4.78, 5) is 23.2. The van der Waals surface area contributed by atoms with Crippen molar-refractivity contribution in [1.29, 1.82) is 0 Å². The van der Waals surface area contributed by atoms with Crippen molar-refractivity contribution < 1.29 is 32.9 Å². The summed E-state index contributed by atoms with van der Waals surface area (Å²) < 4.78 is 23.7. The molecule has 3 N–H and O–H groups in total. The predicted octanol–water partition coefficient (Wildman–Crippen LogP) is 14.9. The number of unbranched alkanes of at least 4 members (excludes halogenated alkanes) is 30. The van der Waals surface area contributed by atoms with E-state index in [1.807, 2.05) is 21.1 Å². The summed E-state index contributed by atoms with van der Waals surface area (Å²) >= 11 is 0. The summed E-state index contributed by atoms with van der Waals surface area (Å²) in [6.45, 7) is 4.90. The molecule has 0 bridgehead atoms. The van der Waals surface area contributed by atoms with Crippen LogP contribution in [-0.4, -0.2) is 73.4 Å². The van der Waals surface area contributed by atoms with Gasteiger partial charge in [0.1, 0.15) is 13.2 Å². The Kier molecular flexibility index (Phi) is 42.5. The van der Waals surface area contributed by atoms with Crippen LogP contribution >= 0.6 is 7.82 Å². The van der Waals surface area contributed by atoms with Gasteiger partial charge in [-0.1, -0.05) is 218 Å². The Morgan fingerprint density at radius 2 is 0.950 bits per heavy atom. The highest BCUT2D eigenvalue weighted by molar-refractivity contribution is 7.47. The number of likely N-dealkylation sites (N-methyl/N-ethyl adjacent to an activating group) is 1. The van der Waals surface area contributed by atoms with E-state index in [4.69, 9.17) is 9.05 Å². The first-order chi connectivity index (χ1) is 29.0. The first-order valence-electron chi connectivity index (χ1n) is 25.7. The number of aliphatic hydroxyl groups excluding tert-OH is 1. The van der Waals surface area contributed by atoms with Gasteiger partial charge >= 0.3 is 7.82 Å². The topological polar surface area (TPSA) is 105 Å². The number of aliphatic hydroxyl groups is 1. The van der Waals surface area contributed by atoms with Crippen LogP contribution in [0.5, 0.6) is 0 Å². The Hall–Kier alpha value is -1.02. The number of rotatable bonds is 47. The van der Waals surface area contributed by atoms with Crippen LogP contribution in [0.3, 0.4) is 0 Å². The lowest BCUT2D eigenvalue weighted by molar-refractivity contribution is -0.870. The van der Waals surface area contributed by atoms with Gasteiger partial charge in [-0.15, -0.1) is 0 Å². The van der Waals surface area contributed by atoms with Crippen molar-refractivity contribution in [2.75, 3.05) is 40.9 Å². The van der Waals surface area contributed by atoms with Gasteiger partial charge in [0.05, 0.1) is 39.9 Å². The van der Waals surface area contributed by atoms with Crippen molar-refractivity contribution in [3.05, 3.63) is 24.3 Å². The van der Waals surface area contributed by atoms with Gasteiger partial charge in [-0.3, -0.25) is 13.8 Å². The number of phosphoric ester groups is 1. The van der Waals surface area contributed by atoms with Gasteiger partial charge in [0.25, 0.3) is 0 Å². The van der Waals surface area contributed by atoms with Gasteiger partial charge in [0, 0.05) is 6.42 Å². The van der Waals surface area contributed by atoms with Crippen molar-refractivity contribution in [3.63, 3.8) is 0 Å². The lowest BCUT2D eigenvalue weighted by Crippen LogP contribution is -2.46. The van der Waals surface area contributed by atoms with E-state index in [2.05, 4.69) is 43.5 Å². The molecule has 0 rings (SSSR count). The molecule has 1 amide bonds. The summed E-state index contributed by atoms with van der Waals surface area (Å²) in [5.41, 5.74) is 0. The molecule has 60 heavy (non-hydrogen) atoms. The number of carbonyl (C=O) groups is 1. The summed E-state index contributed by atoms with van der Waals surface area (Å²) in [5.74, 6) is -0.150. The minimum atomic E-state index is -4.32. The van der Waals surface area contributed by atoms with Gasteiger partial charge < -0.3 is 19.8 Å². The maximum Gasteiger partial charge on any atom is 0.472 e. The normalized spacial score (nSPS) is 14.3. The van der Waals surface area contributed by atoms with E-state index in [9.17, 15) is 19.4 Å². The van der Waals surface area contributed by atoms with Crippen molar-refractivity contribution in [2.45, 2.75) is 257 Å². The Balaban J connectivity index is 4.24. The lowest BCUT2D eigenvalue weighted by atomic mass is 10.0. The molecule has 0 aromatic carbocycles. The third kappa shape index (κ3) is 45.0. The molecule has 0 aliphatic heterocycles. The Bertz CT molecular complexity index is 1030. The summed E-state index contributed by atoms with van der Waals surface area (Å²) in [5, 5.41) is 14.0. The highest BCUT2D eigenvalue weighted by Crippen LogP contribution is 2.43. The van der Waals surface area contributed by atoms with E-state index in [0.29, 0.717) is 23.9 Å². The van der Waals surface area contributed by atoms with Crippen LogP contribution < -0.4 is 5.32 Å². The fourth-order valence-electron chi connectivity index (χ4n) is 7.61. The van der Waals surface area contributed by atoms with E-state index in [0.717, 1.165) is 51.4 Å². The molecule has 0 spiro atoms. The van der Waals surface area contributed by atoms with Crippen LogP contribution in [0, 0.1) is 0 Å². The summed E-state index contributed by atoms with van der Waals surface area (Å²) in [7, 11) is 1.61. The van der Waals surface area contributed by atoms with Crippen LogP contribution in [0.1, 0.15) is 245 Å². The second-order valence-electron chi connectivity index (χ2n) is 18.9. The molecule has 0 saturated heterocycles. The smallest absolute Gasteiger partial charge is 0.391 e. The van der Waals surface area contributed by atoms with E-state index >= 15 is 0 Å². The minimum Gasteiger partial charge on any atom is -0.391 e. The zero-order valence-electron chi connectivity index (χ0n) is 40.5. The standard InChI is InChI=1S/C51H101N2O6P/c1-6-8-10-12-14-16-18-20-22-23-24-25-26-27-28-29-31-33-35-37-39-41-43-45-51(55)52-49(48-59-60(56,57)58-47-46-53(3,4)5)50(54)44-42-40-38-36-34-32-30-21-19-17-15-13-11-9-7-2/h24-25,27-28,49-50,54H,6-23,26,29-48H2,1-5H3,(H-,52,55,56,57)/p+1/b25-24-,28-27-. The van der Waals surface area contributed by atoms with E-state index in [1.54, 1.807) is 0 Å². The maximum absolute atomic E-state index is 12.9. The van der Waals surface area contributed by atoms with Gasteiger partial charge in [-0.05, 0) is 44.9 Å². The number of amides is 1. The van der Waals surface area contributed by atoms with Gasteiger partial charge in [0.15, 0.2) is 0 Å². The molecule has 0 fully saturated rings. The van der Waals surface area contributed by atoms with Crippen molar-refractivity contribution in [3.8, 4) is 0 Å². The van der Waals surface area contributed by atoms with Crippen LogP contribution in [0.15, 0.2) is 24.3 Å². The van der Waals surface area contributed by atoms with Gasteiger partial charge in [0.2, 0.25) is 5.91 Å². The Labute approximate surface area is 373 Å². The number of hydrogen-bond acceptors (Lipinski definition) is 5. The molecule has 0 aliphatic carbocycles. The Morgan fingerprint density at radius 1 is 0.567 bits per heavy atom. The fraction of sp³-hybridized carbons (Fsp3) is 0.902.